The van der Waals surface area contributed by atoms with Crippen LogP contribution in [0.4, 0.5) is 0 Å². The number of allylic oxidation sites excluding steroid dienone is 1. The highest BCUT2D eigenvalue weighted by Crippen LogP contribution is 2.61. The molecule has 0 aromatic carbocycles. The van der Waals surface area contributed by atoms with Crippen molar-refractivity contribution in [1.29, 1.82) is 0 Å². The van der Waals surface area contributed by atoms with E-state index in [0.717, 1.165) is 23.2 Å². The summed E-state index contributed by atoms with van der Waals surface area (Å²) in [4.78, 5) is 0. The minimum absolute atomic E-state index is 0.757. The van der Waals surface area contributed by atoms with E-state index >= 15 is 0 Å². The van der Waals surface area contributed by atoms with Crippen LogP contribution in [-0.4, -0.2) is 13.1 Å². The maximum absolute atomic E-state index is 3.47. The van der Waals surface area contributed by atoms with Gasteiger partial charge in [-0.25, -0.2) is 0 Å². The summed E-state index contributed by atoms with van der Waals surface area (Å²) in [6.07, 6.45) is 16.2. The van der Waals surface area contributed by atoms with Crippen molar-refractivity contribution in [3.8, 4) is 0 Å². The van der Waals surface area contributed by atoms with Crippen molar-refractivity contribution in [2.45, 2.75) is 57.8 Å². The van der Waals surface area contributed by atoms with Crippen molar-refractivity contribution < 1.29 is 0 Å². The zero-order valence-electron chi connectivity index (χ0n) is 11.6. The van der Waals surface area contributed by atoms with E-state index in [2.05, 4.69) is 11.4 Å². The van der Waals surface area contributed by atoms with Crippen LogP contribution in [0.25, 0.3) is 0 Å². The van der Waals surface area contributed by atoms with Crippen LogP contribution in [0.2, 0.25) is 0 Å². The molecule has 0 spiro atoms. The lowest BCUT2D eigenvalue weighted by Crippen LogP contribution is -2.45. The van der Waals surface area contributed by atoms with Gasteiger partial charge in [-0.2, -0.15) is 0 Å². The van der Waals surface area contributed by atoms with Crippen molar-refractivity contribution in [3.05, 3.63) is 11.6 Å². The molecule has 1 aliphatic heterocycles. The zero-order valence-corrected chi connectivity index (χ0v) is 11.6. The van der Waals surface area contributed by atoms with Gasteiger partial charge in [0.15, 0.2) is 0 Å². The van der Waals surface area contributed by atoms with Gasteiger partial charge in [0.05, 0.1) is 0 Å². The highest BCUT2D eigenvalue weighted by molar-refractivity contribution is 5.10. The second-order valence-electron chi connectivity index (χ2n) is 7.73. The van der Waals surface area contributed by atoms with Gasteiger partial charge in [0.2, 0.25) is 0 Å². The summed E-state index contributed by atoms with van der Waals surface area (Å²) in [7, 11) is 0. The van der Waals surface area contributed by atoms with Crippen LogP contribution in [-0.2, 0) is 0 Å². The summed E-state index contributed by atoms with van der Waals surface area (Å²) < 4.78 is 0. The molecule has 100 valence electrons. The van der Waals surface area contributed by atoms with Crippen molar-refractivity contribution in [1.82, 2.24) is 5.32 Å². The summed E-state index contributed by atoms with van der Waals surface area (Å²) in [6, 6.07) is 0. The van der Waals surface area contributed by atoms with E-state index in [1.807, 2.05) is 0 Å². The van der Waals surface area contributed by atoms with E-state index in [0.29, 0.717) is 0 Å². The first-order valence-electron chi connectivity index (χ1n) is 8.20. The second kappa shape index (κ2) is 4.37. The van der Waals surface area contributed by atoms with Crippen LogP contribution in [0.15, 0.2) is 11.6 Å². The topological polar surface area (TPSA) is 12.0 Å². The molecule has 1 heterocycles. The fourth-order valence-corrected chi connectivity index (χ4v) is 5.85. The molecule has 5 rings (SSSR count). The normalized spacial score (nSPS) is 46.4. The van der Waals surface area contributed by atoms with Crippen LogP contribution in [0.1, 0.15) is 57.8 Å². The quantitative estimate of drug-likeness (QED) is 0.728. The maximum Gasteiger partial charge on any atom is -0.00115 e. The van der Waals surface area contributed by atoms with E-state index in [1.165, 1.54) is 32.4 Å². The van der Waals surface area contributed by atoms with E-state index < -0.39 is 0 Å². The lowest BCUT2D eigenvalue weighted by molar-refractivity contribution is -0.0508. The average Bonchev–Trinajstić information content (AvgIpc) is 2.36. The number of piperidine rings is 1. The Balaban J connectivity index is 1.47. The van der Waals surface area contributed by atoms with E-state index in [4.69, 9.17) is 0 Å². The van der Waals surface area contributed by atoms with E-state index in [1.54, 1.807) is 44.1 Å². The van der Waals surface area contributed by atoms with Gasteiger partial charge in [-0.05, 0) is 94.0 Å². The van der Waals surface area contributed by atoms with Crippen LogP contribution in [0, 0.1) is 23.2 Å². The molecule has 5 aliphatic rings. The number of hydrogen-bond donors (Lipinski definition) is 1. The molecular weight excluding hydrogens is 218 g/mol. The molecule has 0 unspecified atom stereocenters. The Hall–Kier alpha value is -0.300. The molecule has 1 N–H and O–H groups in total. The van der Waals surface area contributed by atoms with Gasteiger partial charge >= 0.3 is 0 Å². The molecule has 0 amide bonds. The van der Waals surface area contributed by atoms with Crippen molar-refractivity contribution in [2.75, 3.05) is 13.1 Å². The number of hydrogen-bond acceptors (Lipinski definition) is 1. The smallest absolute Gasteiger partial charge is 0.00115 e. The Kier molecular flexibility index (Phi) is 2.80. The third-order valence-corrected chi connectivity index (χ3v) is 6.23. The van der Waals surface area contributed by atoms with Gasteiger partial charge in [-0.1, -0.05) is 11.6 Å². The average molecular weight is 245 g/mol. The highest BCUT2D eigenvalue weighted by atomic mass is 14.9. The minimum Gasteiger partial charge on any atom is -0.316 e. The predicted octanol–water partition coefficient (Wildman–Crippen LogP) is 3.90. The first kappa shape index (κ1) is 11.5. The van der Waals surface area contributed by atoms with Gasteiger partial charge in [0, 0.05) is 0 Å². The molecule has 1 heteroatoms. The second-order valence-corrected chi connectivity index (χ2v) is 7.73. The van der Waals surface area contributed by atoms with Gasteiger partial charge in [0.25, 0.3) is 0 Å². The zero-order chi connectivity index (χ0) is 12.0. The van der Waals surface area contributed by atoms with Crippen LogP contribution >= 0.6 is 0 Å². The van der Waals surface area contributed by atoms with Gasteiger partial charge in [-0.3, -0.25) is 0 Å². The van der Waals surface area contributed by atoms with Crippen LogP contribution in [0.3, 0.4) is 0 Å². The molecule has 0 atom stereocenters. The standard InChI is InChI=1S/C17H27N/c1(13-2-5-18-6-3-13)4-17-10-14-7-15(11-17)9-16(8-14)12-17/h1,14-16,18H,2-12H2. The van der Waals surface area contributed by atoms with Crippen molar-refractivity contribution in [2.24, 2.45) is 23.2 Å². The molecule has 18 heavy (non-hydrogen) atoms. The Morgan fingerprint density at radius 2 is 1.50 bits per heavy atom. The molecular formula is C17H27N. The maximum atomic E-state index is 3.47. The summed E-state index contributed by atoms with van der Waals surface area (Å²) in [6.45, 7) is 2.43. The van der Waals surface area contributed by atoms with Gasteiger partial charge < -0.3 is 5.32 Å². The monoisotopic (exact) mass is 245 g/mol. The molecule has 4 aliphatic carbocycles. The SMILES string of the molecule is C(CC12CC3CC(CC(C3)C1)C2)=C1CCNCC1. The molecule has 1 nitrogen and oxygen atoms in total. The molecule has 5 fully saturated rings. The fraction of sp³-hybridized carbons (Fsp3) is 0.882. The highest BCUT2D eigenvalue weighted by Gasteiger charge is 2.50. The summed E-state index contributed by atoms with van der Waals surface area (Å²) in [5.41, 5.74) is 2.51. The van der Waals surface area contributed by atoms with Crippen molar-refractivity contribution in [3.63, 3.8) is 0 Å². The largest absolute Gasteiger partial charge is 0.316 e. The number of nitrogens with one attached hydrogen (secondary N) is 1. The minimum atomic E-state index is 0.757. The van der Waals surface area contributed by atoms with E-state index in [-0.39, 0.29) is 0 Å². The number of rotatable bonds is 2. The Morgan fingerprint density at radius 1 is 0.944 bits per heavy atom. The Morgan fingerprint density at radius 3 is 2.06 bits per heavy atom. The first-order valence-corrected chi connectivity index (χ1v) is 8.20. The fourth-order valence-electron chi connectivity index (χ4n) is 5.85. The van der Waals surface area contributed by atoms with Crippen molar-refractivity contribution >= 4 is 0 Å². The van der Waals surface area contributed by atoms with Crippen LogP contribution in [0.5, 0.6) is 0 Å². The molecule has 0 radical (unpaired) electrons. The molecule has 0 aromatic heterocycles. The lowest BCUT2D eigenvalue weighted by Gasteiger charge is -2.57. The summed E-state index contributed by atoms with van der Waals surface area (Å²) in [5.74, 6) is 3.34. The molecule has 4 bridgehead atoms. The summed E-state index contributed by atoms with van der Waals surface area (Å²) in [5, 5.41) is 3.47. The summed E-state index contributed by atoms with van der Waals surface area (Å²) >= 11 is 0. The molecule has 0 aromatic rings. The lowest BCUT2D eigenvalue weighted by atomic mass is 9.49. The first-order chi connectivity index (χ1) is 8.81. The Bertz CT molecular complexity index is 311. The van der Waals surface area contributed by atoms with E-state index in [9.17, 15) is 0 Å². The van der Waals surface area contributed by atoms with Crippen LogP contribution < -0.4 is 5.32 Å². The Labute approximate surface area is 111 Å². The third kappa shape index (κ3) is 2.05. The molecule has 1 saturated heterocycles. The predicted molar refractivity (Wildman–Crippen MR) is 75.4 cm³/mol. The molecule has 4 saturated carbocycles. The van der Waals surface area contributed by atoms with Gasteiger partial charge in [0.1, 0.15) is 0 Å². The third-order valence-electron chi connectivity index (χ3n) is 6.23. The van der Waals surface area contributed by atoms with Gasteiger partial charge in [-0.15, -0.1) is 0 Å².